The fourth-order valence-corrected chi connectivity index (χ4v) is 4.95. The molecule has 1 saturated heterocycles. The van der Waals surface area contributed by atoms with Crippen molar-refractivity contribution in [1.29, 1.82) is 0 Å². The Morgan fingerprint density at radius 1 is 1.17 bits per heavy atom. The Kier molecular flexibility index (Phi) is 9.90. The highest BCUT2D eigenvalue weighted by molar-refractivity contribution is 7.90. The maximum Gasteiger partial charge on any atom is 0.191 e. The van der Waals surface area contributed by atoms with E-state index >= 15 is 0 Å². The highest BCUT2D eigenvalue weighted by atomic mass is 32.2. The number of guanidine groups is 1. The number of rotatable bonds is 10. The van der Waals surface area contributed by atoms with Gasteiger partial charge in [0.2, 0.25) is 0 Å². The van der Waals surface area contributed by atoms with Gasteiger partial charge in [-0.15, -0.1) is 0 Å². The van der Waals surface area contributed by atoms with Crippen molar-refractivity contribution in [3.63, 3.8) is 0 Å². The van der Waals surface area contributed by atoms with Crippen LogP contribution in [0.2, 0.25) is 0 Å². The second kappa shape index (κ2) is 12.1. The van der Waals surface area contributed by atoms with Crippen molar-refractivity contribution in [2.75, 3.05) is 52.2 Å². The van der Waals surface area contributed by atoms with Crippen molar-refractivity contribution >= 4 is 15.8 Å². The number of nitrogens with one attached hydrogen (secondary N) is 2. The summed E-state index contributed by atoms with van der Waals surface area (Å²) in [4.78, 5) is 6.73. The van der Waals surface area contributed by atoms with Crippen molar-refractivity contribution in [1.82, 2.24) is 15.5 Å². The van der Waals surface area contributed by atoms with E-state index in [2.05, 4.69) is 34.4 Å². The first-order valence-corrected chi connectivity index (χ1v) is 12.2. The number of benzene rings is 1. The Labute approximate surface area is 175 Å². The molecule has 0 saturated carbocycles. The number of hydrogen-bond acceptors (Lipinski definition) is 5. The van der Waals surface area contributed by atoms with E-state index in [9.17, 15) is 8.42 Å². The lowest BCUT2D eigenvalue weighted by Crippen LogP contribution is -2.52. The number of sulfone groups is 1. The lowest BCUT2D eigenvalue weighted by molar-refractivity contribution is 0.00752. The number of hydrogen-bond donors (Lipinski definition) is 2. The van der Waals surface area contributed by atoms with Crippen LogP contribution in [-0.2, 0) is 20.3 Å². The van der Waals surface area contributed by atoms with Crippen molar-refractivity contribution in [3.8, 4) is 0 Å². The van der Waals surface area contributed by atoms with Crippen molar-refractivity contribution < 1.29 is 13.2 Å². The minimum Gasteiger partial charge on any atom is -0.379 e. The SMILES string of the molecule is CN=C(NCCCS(=O)(=O)Cc1ccccc1)NCC(C(C)C)N1CCOCC1. The Morgan fingerprint density at radius 3 is 2.48 bits per heavy atom. The van der Waals surface area contributed by atoms with E-state index in [-0.39, 0.29) is 11.5 Å². The van der Waals surface area contributed by atoms with Gasteiger partial charge in [0.25, 0.3) is 0 Å². The van der Waals surface area contributed by atoms with Crippen LogP contribution in [0.3, 0.4) is 0 Å². The molecule has 0 amide bonds. The summed E-state index contributed by atoms with van der Waals surface area (Å²) < 4.78 is 30.0. The van der Waals surface area contributed by atoms with Crippen LogP contribution in [0.15, 0.2) is 35.3 Å². The zero-order valence-electron chi connectivity index (χ0n) is 17.9. The van der Waals surface area contributed by atoms with E-state index in [0.29, 0.717) is 30.9 Å². The monoisotopic (exact) mass is 424 g/mol. The zero-order valence-corrected chi connectivity index (χ0v) is 18.7. The molecule has 2 rings (SSSR count). The van der Waals surface area contributed by atoms with Crippen LogP contribution in [0, 0.1) is 5.92 Å². The summed E-state index contributed by atoms with van der Waals surface area (Å²) >= 11 is 0. The number of nitrogens with zero attached hydrogens (tertiary/aromatic N) is 2. The zero-order chi connectivity index (χ0) is 21.1. The van der Waals surface area contributed by atoms with Crippen molar-refractivity contribution in [2.45, 2.75) is 32.1 Å². The summed E-state index contributed by atoms with van der Waals surface area (Å²) in [6, 6.07) is 9.72. The van der Waals surface area contributed by atoms with Gasteiger partial charge in [-0.25, -0.2) is 8.42 Å². The molecule has 1 atom stereocenters. The molecule has 7 nitrogen and oxygen atoms in total. The lowest BCUT2D eigenvalue weighted by atomic mass is 10.0. The predicted octanol–water partition coefficient (Wildman–Crippen LogP) is 1.51. The molecule has 8 heteroatoms. The summed E-state index contributed by atoms with van der Waals surface area (Å²) in [5.74, 6) is 1.48. The van der Waals surface area contributed by atoms with E-state index in [1.807, 2.05) is 30.3 Å². The van der Waals surface area contributed by atoms with Crippen LogP contribution in [-0.4, -0.2) is 77.5 Å². The molecule has 29 heavy (non-hydrogen) atoms. The summed E-state index contributed by atoms with van der Waals surface area (Å²) in [5, 5.41) is 6.63. The van der Waals surface area contributed by atoms with E-state index in [4.69, 9.17) is 4.74 Å². The van der Waals surface area contributed by atoms with E-state index in [0.717, 1.165) is 38.4 Å². The Morgan fingerprint density at radius 2 is 1.86 bits per heavy atom. The van der Waals surface area contributed by atoms with Crippen LogP contribution >= 0.6 is 0 Å². The number of aliphatic imine (C=N–C) groups is 1. The van der Waals surface area contributed by atoms with Gasteiger partial charge in [0.1, 0.15) is 0 Å². The summed E-state index contributed by atoms with van der Waals surface area (Å²) in [5.41, 5.74) is 0.834. The predicted molar refractivity (Wildman–Crippen MR) is 119 cm³/mol. The molecule has 164 valence electrons. The molecule has 1 heterocycles. The second-order valence-electron chi connectivity index (χ2n) is 7.77. The molecule has 1 aromatic rings. The maximum absolute atomic E-state index is 12.3. The highest BCUT2D eigenvalue weighted by Crippen LogP contribution is 2.12. The molecular weight excluding hydrogens is 388 g/mol. The Balaban J connectivity index is 1.72. The third kappa shape index (κ3) is 8.72. The molecule has 0 aromatic heterocycles. The lowest BCUT2D eigenvalue weighted by Gasteiger charge is -2.37. The molecule has 0 radical (unpaired) electrons. The maximum atomic E-state index is 12.3. The van der Waals surface area contributed by atoms with Gasteiger partial charge in [0.15, 0.2) is 15.8 Å². The molecular formula is C21H36N4O3S. The first kappa shape index (κ1) is 23.6. The van der Waals surface area contributed by atoms with Crippen LogP contribution in [0.25, 0.3) is 0 Å². The normalized spacial score (nSPS) is 17.3. The third-order valence-corrected chi connectivity index (χ3v) is 6.82. The summed E-state index contributed by atoms with van der Waals surface area (Å²) in [6.07, 6.45) is 0.549. The topological polar surface area (TPSA) is 83.0 Å². The average Bonchev–Trinajstić information content (AvgIpc) is 2.70. The van der Waals surface area contributed by atoms with Gasteiger partial charge in [-0.05, 0) is 17.9 Å². The standard InChI is InChI=1S/C21H36N4O3S/c1-18(2)20(25-11-13-28-14-12-25)16-24-21(22-3)23-10-7-15-29(26,27)17-19-8-5-4-6-9-19/h4-6,8-9,18,20H,7,10-17H2,1-3H3,(H2,22,23,24). The molecule has 1 unspecified atom stereocenters. The van der Waals surface area contributed by atoms with E-state index < -0.39 is 9.84 Å². The molecule has 1 aliphatic heterocycles. The molecule has 1 aliphatic rings. The van der Waals surface area contributed by atoms with Gasteiger partial charge >= 0.3 is 0 Å². The second-order valence-corrected chi connectivity index (χ2v) is 9.95. The summed E-state index contributed by atoms with van der Waals surface area (Å²) in [6.45, 7) is 9.30. The highest BCUT2D eigenvalue weighted by Gasteiger charge is 2.23. The fraction of sp³-hybridized carbons (Fsp3) is 0.667. The van der Waals surface area contributed by atoms with Gasteiger partial charge in [-0.3, -0.25) is 9.89 Å². The van der Waals surface area contributed by atoms with Gasteiger partial charge < -0.3 is 15.4 Å². The Bertz CT molecular complexity index is 717. The van der Waals surface area contributed by atoms with Gasteiger partial charge in [-0.1, -0.05) is 44.2 Å². The number of ether oxygens (including phenoxy) is 1. The summed E-state index contributed by atoms with van der Waals surface area (Å²) in [7, 11) is -1.37. The first-order valence-electron chi connectivity index (χ1n) is 10.4. The van der Waals surface area contributed by atoms with Gasteiger partial charge in [0.05, 0.1) is 24.7 Å². The largest absolute Gasteiger partial charge is 0.379 e. The molecule has 1 fully saturated rings. The van der Waals surface area contributed by atoms with Crippen LogP contribution < -0.4 is 10.6 Å². The minimum absolute atomic E-state index is 0.0937. The van der Waals surface area contributed by atoms with Crippen molar-refractivity contribution in [3.05, 3.63) is 35.9 Å². The van der Waals surface area contributed by atoms with Crippen LogP contribution in [0.4, 0.5) is 0 Å². The molecule has 1 aromatic carbocycles. The third-order valence-electron chi connectivity index (χ3n) is 5.14. The van der Waals surface area contributed by atoms with E-state index in [1.54, 1.807) is 7.05 Å². The molecule has 0 bridgehead atoms. The molecule has 2 N–H and O–H groups in total. The van der Waals surface area contributed by atoms with Gasteiger partial charge in [0, 0.05) is 39.3 Å². The average molecular weight is 425 g/mol. The van der Waals surface area contributed by atoms with Gasteiger partial charge in [-0.2, -0.15) is 0 Å². The van der Waals surface area contributed by atoms with Crippen LogP contribution in [0.5, 0.6) is 0 Å². The molecule has 0 aliphatic carbocycles. The quantitative estimate of drug-likeness (QED) is 0.337. The smallest absolute Gasteiger partial charge is 0.191 e. The Hall–Kier alpha value is -1.64. The first-order chi connectivity index (χ1) is 13.9. The minimum atomic E-state index is -3.11. The van der Waals surface area contributed by atoms with E-state index in [1.165, 1.54) is 0 Å². The fourth-order valence-electron chi connectivity index (χ4n) is 3.52. The van der Waals surface area contributed by atoms with Crippen LogP contribution in [0.1, 0.15) is 25.8 Å². The molecule has 0 spiro atoms. The van der Waals surface area contributed by atoms with Crippen molar-refractivity contribution in [2.24, 2.45) is 10.9 Å². The number of morpholine rings is 1.